The van der Waals surface area contributed by atoms with E-state index >= 15 is 0 Å². The molecule has 150 valence electrons. The summed E-state index contributed by atoms with van der Waals surface area (Å²) in [6.07, 6.45) is -3.85. The van der Waals surface area contributed by atoms with E-state index in [0.717, 1.165) is 13.2 Å². The van der Waals surface area contributed by atoms with Crippen molar-refractivity contribution in [2.45, 2.75) is 13.1 Å². The van der Waals surface area contributed by atoms with Crippen LogP contribution in [0.2, 0.25) is 0 Å². The van der Waals surface area contributed by atoms with Gasteiger partial charge in [-0.25, -0.2) is 0 Å². The number of carbonyl (C=O) groups excluding carboxylic acids is 2. The number of nitrogens with one attached hydrogen (secondary N) is 1. The molecule has 28 heavy (non-hydrogen) atoms. The smallest absolute Gasteiger partial charge is 0.378 e. The van der Waals surface area contributed by atoms with Crippen molar-refractivity contribution in [2.75, 3.05) is 31.6 Å². The minimum Gasteiger partial charge on any atom is -0.378 e. The van der Waals surface area contributed by atoms with Gasteiger partial charge in [-0.1, -0.05) is 6.07 Å². The van der Waals surface area contributed by atoms with Crippen LogP contribution in [0, 0.1) is 6.92 Å². The zero-order valence-electron chi connectivity index (χ0n) is 15.3. The van der Waals surface area contributed by atoms with Crippen LogP contribution in [-0.2, 0) is 18.0 Å². The summed E-state index contributed by atoms with van der Waals surface area (Å²) in [7, 11) is 1.12. The Kier molecular flexibility index (Phi) is 5.41. The highest BCUT2D eigenvalue weighted by molar-refractivity contribution is 6.06. The molecule has 2 heterocycles. The average Bonchev–Trinajstić information content (AvgIpc) is 3.05. The molecule has 1 saturated heterocycles. The second-order valence-electron chi connectivity index (χ2n) is 6.42. The Bertz CT molecular complexity index is 902. The van der Waals surface area contributed by atoms with Crippen molar-refractivity contribution in [2.24, 2.45) is 7.05 Å². The van der Waals surface area contributed by atoms with Crippen molar-refractivity contribution in [1.82, 2.24) is 14.7 Å². The quantitative estimate of drug-likeness (QED) is 0.865. The number of rotatable bonds is 3. The maximum absolute atomic E-state index is 13.2. The molecule has 0 aliphatic carbocycles. The Morgan fingerprint density at radius 2 is 1.86 bits per heavy atom. The number of morpholine rings is 1. The van der Waals surface area contributed by atoms with Crippen molar-refractivity contribution >= 4 is 17.5 Å². The van der Waals surface area contributed by atoms with Crippen LogP contribution < -0.4 is 5.32 Å². The molecule has 0 saturated carbocycles. The van der Waals surface area contributed by atoms with Gasteiger partial charge in [0.2, 0.25) is 0 Å². The summed E-state index contributed by atoms with van der Waals surface area (Å²) in [5.74, 6) is -1.16. The van der Waals surface area contributed by atoms with Crippen LogP contribution in [0.1, 0.15) is 32.0 Å². The Hall–Kier alpha value is -2.88. The van der Waals surface area contributed by atoms with Gasteiger partial charge in [0.25, 0.3) is 11.8 Å². The predicted molar refractivity (Wildman–Crippen MR) is 94.1 cm³/mol. The summed E-state index contributed by atoms with van der Waals surface area (Å²) in [6.45, 7) is 3.56. The molecule has 1 aliphatic heterocycles. The topological polar surface area (TPSA) is 76.5 Å². The maximum Gasteiger partial charge on any atom is 0.433 e. The van der Waals surface area contributed by atoms with Gasteiger partial charge in [0.15, 0.2) is 5.69 Å². The van der Waals surface area contributed by atoms with Crippen LogP contribution in [0.4, 0.5) is 18.9 Å². The number of amides is 2. The summed E-state index contributed by atoms with van der Waals surface area (Å²) in [6, 6.07) is 4.64. The maximum atomic E-state index is 13.2. The molecule has 2 aromatic rings. The van der Waals surface area contributed by atoms with Crippen molar-refractivity contribution in [3.8, 4) is 0 Å². The number of halogens is 3. The van der Waals surface area contributed by atoms with Gasteiger partial charge in [-0.2, -0.15) is 18.3 Å². The van der Waals surface area contributed by atoms with Crippen LogP contribution in [0.15, 0.2) is 24.4 Å². The van der Waals surface area contributed by atoms with Gasteiger partial charge in [-0.05, 0) is 24.6 Å². The number of hydrogen-bond donors (Lipinski definition) is 1. The summed E-state index contributed by atoms with van der Waals surface area (Å²) in [5, 5.41) is 5.95. The first kappa shape index (κ1) is 19.9. The molecular weight excluding hydrogens is 377 g/mol. The van der Waals surface area contributed by atoms with Crippen molar-refractivity contribution < 1.29 is 27.5 Å². The first-order valence-corrected chi connectivity index (χ1v) is 8.56. The van der Waals surface area contributed by atoms with Crippen LogP contribution in [0.5, 0.6) is 0 Å². The minimum atomic E-state index is -4.72. The molecule has 1 aliphatic rings. The summed E-state index contributed by atoms with van der Waals surface area (Å²) >= 11 is 0. The van der Waals surface area contributed by atoms with Gasteiger partial charge in [0, 0.05) is 31.4 Å². The molecule has 0 spiro atoms. The van der Waals surface area contributed by atoms with Crippen molar-refractivity contribution in [3.63, 3.8) is 0 Å². The Morgan fingerprint density at radius 1 is 1.18 bits per heavy atom. The lowest BCUT2D eigenvalue weighted by Gasteiger charge is -2.27. The van der Waals surface area contributed by atoms with Gasteiger partial charge < -0.3 is 15.0 Å². The molecule has 2 amide bonds. The fourth-order valence-corrected chi connectivity index (χ4v) is 3.01. The first-order chi connectivity index (χ1) is 13.2. The third kappa shape index (κ3) is 4.01. The molecule has 10 heteroatoms. The van der Waals surface area contributed by atoms with E-state index in [1.807, 2.05) is 0 Å². The SMILES string of the molecule is Cc1ccc(NC(=O)c2cnn(C)c2C(F)(F)F)cc1C(=O)N1CCOCC1. The third-order valence-electron chi connectivity index (χ3n) is 4.48. The number of nitrogens with zero attached hydrogens (tertiary/aromatic N) is 3. The van der Waals surface area contributed by atoms with Crippen LogP contribution >= 0.6 is 0 Å². The van der Waals surface area contributed by atoms with Crippen molar-refractivity contribution in [3.05, 3.63) is 46.8 Å². The molecule has 7 nitrogen and oxygen atoms in total. The zero-order chi connectivity index (χ0) is 20.5. The number of alkyl halides is 3. The van der Waals surface area contributed by atoms with Crippen molar-refractivity contribution in [1.29, 1.82) is 0 Å². The van der Waals surface area contributed by atoms with E-state index in [-0.39, 0.29) is 11.6 Å². The number of aromatic nitrogens is 2. The van der Waals surface area contributed by atoms with Crippen LogP contribution in [0.25, 0.3) is 0 Å². The molecular formula is C18H19F3N4O3. The van der Waals surface area contributed by atoms with E-state index in [2.05, 4.69) is 10.4 Å². The Labute approximate surface area is 159 Å². The molecule has 0 unspecified atom stereocenters. The third-order valence-corrected chi connectivity index (χ3v) is 4.48. The Morgan fingerprint density at radius 3 is 2.50 bits per heavy atom. The average molecular weight is 396 g/mol. The molecule has 1 aromatic carbocycles. The normalized spacial score (nSPS) is 14.8. The number of carbonyl (C=O) groups is 2. The van der Waals surface area contributed by atoms with Crippen LogP contribution in [0.3, 0.4) is 0 Å². The fraction of sp³-hybridized carbons (Fsp3) is 0.389. The Balaban J connectivity index is 1.84. The number of hydrogen-bond acceptors (Lipinski definition) is 4. The fourth-order valence-electron chi connectivity index (χ4n) is 3.01. The van der Waals surface area contributed by atoms with Gasteiger partial charge in [0.05, 0.1) is 25.0 Å². The molecule has 0 atom stereocenters. The predicted octanol–water partition coefficient (Wildman–Crippen LogP) is 2.47. The second-order valence-corrected chi connectivity index (χ2v) is 6.42. The lowest BCUT2D eigenvalue weighted by atomic mass is 10.1. The molecule has 1 N–H and O–H groups in total. The van der Waals surface area contributed by atoms with E-state index in [4.69, 9.17) is 4.74 Å². The summed E-state index contributed by atoms with van der Waals surface area (Å²) in [4.78, 5) is 26.7. The van der Waals surface area contributed by atoms with E-state index in [0.29, 0.717) is 42.1 Å². The largest absolute Gasteiger partial charge is 0.433 e. The highest BCUT2D eigenvalue weighted by Gasteiger charge is 2.39. The van der Waals surface area contributed by atoms with Gasteiger partial charge in [0.1, 0.15) is 0 Å². The lowest BCUT2D eigenvalue weighted by Crippen LogP contribution is -2.41. The monoisotopic (exact) mass is 396 g/mol. The highest BCUT2D eigenvalue weighted by atomic mass is 19.4. The second kappa shape index (κ2) is 7.63. The summed E-state index contributed by atoms with van der Waals surface area (Å²) < 4.78 is 45.3. The van der Waals surface area contributed by atoms with E-state index in [1.54, 1.807) is 17.9 Å². The highest BCUT2D eigenvalue weighted by Crippen LogP contribution is 2.32. The van der Waals surface area contributed by atoms with E-state index in [1.165, 1.54) is 12.1 Å². The first-order valence-electron chi connectivity index (χ1n) is 8.56. The zero-order valence-corrected chi connectivity index (χ0v) is 15.3. The molecule has 1 aromatic heterocycles. The standard InChI is InChI=1S/C18H19F3N4O3/c1-11-3-4-12(9-13(11)17(27)25-5-7-28-8-6-25)23-16(26)14-10-22-24(2)15(14)18(19,20)21/h3-4,9-10H,5-8H2,1-2H3,(H,23,26). The molecule has 3 rings (SSSR count). The molecule has 1 fully saturated rings. The van der Waals surface area contributed by atoms with Gasteiger partial charge in [-0.3, -0.25) is 14.3 Å². The van der Waals surface area contributed by atoms with Gasteiger partial charge >= 0.3 is 6.18 Å². The van der Waals surface area contributed by atoms with Gasteiger partial charge in [-0.15, -0.1) is 0 Å². The molecule has 0 bridgehead atoms. The number of benzene rings is 1. The number of aryl methyl sites for hydroxylation is 2. The number of anilines is 1. The van der Waals surface area contributed by atoms with E-state index in [9.17, 15) is 22.8 Å². The molecule has 0 radical (unpaired) electrons. The van der Waals surface area contributed by atoms with E-state index < -0.39 is 23.3 Å². The lowest BCUT2D eigenvalue weighted by molar-refractivity contribution is -0.144. The van der Waals surface area contributed by atoms with Crippen LogP contribution in [-0.4, -0.2) is 52.8 Å². The number of ether oxygens (including phenoxy) is 1. The minimum absolute atomic E-state index is 0.214. The summed E-state index contributed by atoms with van der Waals surface area (Å²) in [5.41, 5.74) is -0.420.